The predicted octanol–water partition coefficient (Wildman–Crippen LogP) is 3.17. The van der Waals surface area contributed by atoms with Crippen molar-refractivity contribution in [3.05, 3.63) is 53.6 Å². The predicted molar refractivity (Wildman–Crippen MR) is 102 cm³/mol. The van der Waals surface area contributed by atoms with E-state index in [9.17, 15) is 20.1 Å². The van der Waals surface area contributed by atoms with Crippen LogP contribution in [0.25, 0.3) is 6.08 Å². The van der Waals surface area contributed by atoms with Gasteiger partial charge in [-0.1, -0.05) is 12.1 Å². The summed E-state index contributed by atoms with van der Waals surface area (Å²) in [6, 6.07) is 8.88. The van der Waals surface area contributed by atoms with Gasteiger partial charge in [0.05, 0.1) is 5.56 Å². The van der Waals surface area contributed by atoms with Gasteiger partial charge in [-0.15, -0.1) is 0 Å². The lowest BCUT2D eigenvalue weighted by Crippen LogP contribution is -2.25. The van der Waals surface area contributed by atoms with Crippen LogP contribution in [-0.4, -0.2) is 52.2 Å². The number of aromatic hydroxyl groups is 3. The highest BCUT2D eigenvalue weighted by Crippen LogP contribution is 2.27. The van der Waals surface area contributed by atoms with Gasteiger partial charge in [0.15, 0.2) is 17.3 Å². The number of allylic oxidation sites excluding steroid dienone is 1. The summed E-state index contributed by atoms with van der Waals surface area (Å²) in [7, 11) is 0. The van der Waals surface area contributed by atoms with Gasteiger partial charge in [-0.2, -0.15) is 0 Å². The quantitative estimate of drug-likeness (QED) is 0.395. The second kappa shape index (κ2) is 8.60. The summed E-state index contributed by atoms with van der Waals surface area (Å²) < 4.78 is 5.65. The number of ketones is 1. The molecule has 0 unspecified atom stereocenters. The second-order valence-electron chi connectivity index (χ2n) is 6.52. The molecule has 2 aromatic carbocycles. The van der Waals surface area contributed by atoms with Crippen LogP contribution in [0.3, 0.4) is 0 Å². The van der Waals surface area contributed by atoms with Crippen molar-refractivity contribution < 1.29 is 24.9 Å². The Morgan fingerprint density at radius 2 is 1.78 bits per heavy atom. The number of carbonyl (C=O) groups is 1. The fourth-order valence-electron chi connectivity index (χ4n) is 3.01. The van der Waals surface area contributed by atoms with Crippen molar-refractivity contribution in [3.8, 4) is 23.0 Å². The van der Waals surface area contributed by atoms with Crippen molar-refractivity contribution in [1.29, 1.82) is 0 Å². The average Bonchev–Trinajstić information content (AvgIpc) is 3.16. The molecule has 3 rings (SSSR count). The summed E-state index contributed by atoms with van der Waals surface area (Å²) in [5.41, 5.74) is 0.723. The van der Waals surface area contributed by atoms with E-state index in [1.54, 1.807) is 12.1 Å². The molecule has 0 spiro atoms. The Labute approximate surface area is 157 Å². The maximum atomic E-state index is 12.3. The summed E-state index contributed by atoms with van der Waals surface area (Å²) in [5.74, 6) is -0.476. The molecule has 0 radical (unpaired) electrons. The molecule has 0 aromatic heterocycles. The summed E-state index contributed by atoms with van der Waals surface area (Å²) >= 11 is 0. The van der Waals surface area contributed by atoms with Crippen LogP contribution in [0.2, 0.25) is 0 Å². The van der Waals surface area contributed by atoms with Crippen molar-refractivity contribution in [3.63, 3.8) is 0 Å². The van der Waals surface area contributed by atoms with Gasteiger partial charge >= 0.3 is 0 Å². The highest BCUT2D eigenvalue weighted by molar-refractivity contribution is 6.08. The Bertz CT molecular complexity index is 840. The number of phenolic OH excluding ortho intramolecular Hbond substituents is 3. The molecule has 0 bridgehead atoms. The second-order valence-corrected chi connectivity index (χ2v) is 6.52. The minimum Gasteiger partial charge on any atom is -0.507 e. The number of ether oxygens (including phenoxy) is 1. The summed E-state index contributed by atoms with van der Waals surface area (Å²) in [6.07, 6.45) is 5.26. The van der Waals surface area contributed by atoms with E-state index >= 15 is 0 Å². The zero-order valence-corrected chi connectivity index (χ0v) is 15.0. The summed E-state index contributed by atoms with van der Waals surface area (Å²) in [6.45, 7) is 3.60. The molecule has 1 aliphatic rings. The Balaban J connectivity index is 1.59. The molecular weight excluding hydrogens is 346 g/mol. The van der Waals surface area contributed by atoms with Crippen LogP contribution in [0, 0.1) is 0 Å². The third-order valence-corrected chi connectivity index (χ3v) is 4.54. The molecule has 2 aromatic rings. The lowest BCUT2D eigenvalue weighted by molar-refractivity contribution is 0.104. The fraction of sp³-hybridized carbons (Fsp3) is 0.286. The molecule has 1 heterocycles. The first kappa shape index (κ1) is 18.8. The molecule has 1 saturated heterocycles. The first-order valence-electron chi connectivity index (χ1n) is 8.95. The van der Waals surface area contributed by atoms with E-state index in [0.717, 1.165) is 19.6 Å². The molecule has 0 saturated carbocycles. The summed E-state index contributed by atoms with van der Waals surface area (Å²) in [4.78, 5) is 14.6. The molecule has 0 aliphatic carbocycles. The van der Waals surface area contributed by atoms with Gasteiger partial charge in [0.25, 0.3) is 0 Å². The largest absolute Gasteiger partial charge is 0.507 e. The van der Waals surface area contributed by atoms with Gasteiger partial charge in [-0.25, -0.2) is 0 Å². The number of hydrogen-bond donors (Lipinski definition) is 3. The number of carbonyl (C=O) groups excluding carboxylic acids is 1. The van der Waals surface area contributed by atoms with Crippen molar-refractivity contribution in [2.24, 2.45) is 0 Å². The third-order valence-electron chi connectivity index (χ3n) is 4.54. The lowest BCUT2D eigenvalue weighted by Gasteiger charge is -2.15. The molecule has 6 nitrogen and oxygen atoms in total. The van der Waals surface area contributed by atoms with Crippen LogP contribution >= 0.6 is 0 Å². The number of phenols is 3. The van der Waals surface area contributed by atoms with E-state index in [-0.39, 0.29) is 28.6 Å². The number of benzene rings is 2. The Hall–Kier alpha value is -2.99. The first-order valence-corrected chi connectivity index (χ1v) is 8.95. The number of rotatable bonds is 7. The molecule has 0 atom stereocenters. The maximum Gasteiger partial charge on any atom is 0.189 e. The van der Waals surface area contributed by atoms with Crippen molar-refractivity contribution in [1.82, 2.24) is 4.90 Å². The number of hydrogen-bond acceptors (Lipinski definition) is 6. The maximum absolute atomic E-state index is 12.3. The average molecular weight is 369 g/mol. The van der Waals surface area contributed by atoms with E-state index in [2.05, 4.69) is 4.90 Å². The van der Waals surface area contributed by atoms with Crippen LogP contribution in [0.1, 0.15) is 28.8 Å². The molecule has 142 valence electrons. The molecule has 3 N–H and O–H groups in total. The fourth-order valence-corrected chi connectivity index (χ4v) is 3.01. The van der Waals surface area contributed by atoms with Crippen LogP contribution in [0.4, 0.5) is 0 Å². The van der Waals surface area contributed by atoms with Crippen LogP contribution in [0.5, 0.6) is 23.0 Å². The minimum atomic E-state index is -0.372. The van der Waals surface area contributed by atoms with E-state index in [1.165, 1.54) is 49.3 Å². The molecular formula is C21H23NO5. The van der Waals surface area contributed by atoms with Gasteiger partial charge in [0, 0.05) is 12.6 Å². The number of nitrogens with zero attached hydrogens (tertiary/aromatic N) is 1. The van der Waals surface area contributed by atoms with Crippen molar-refractivity contribution in [2.75, 3.05) is 26.2 Å². The highest BCUT2D eigenvalue weighted by Gasteiger charge is 2.12. The van der Waals surface area contributed by atoms with Crippen molar-refractivity contribution >= 4 is 11.9 Å². The van der Waals surface area contributed by atoms with Gasteiger partial charge < -0.3 is 20.1 Å². The van der Waals surface area contributed by atoms with Crippen LogP contribution < -0.4 is 4.74 Å². The molecule has 27 heavy (non-hydrogen) atoms. The van der Waals surface area contributed by atoms with Gasteiger partial charge in [-0.3, -0.25) is 9.69 Å². The number of likely N-dealkylation sites (tertiary alicyclic amines) is 1. The smallest absolute Gasteiger partial charge is 0.189 e. The Morgan fingerprint density at radius 3 is 2.48 bits per heavy atom. The normalized spacial score (nSPS) is 14.7. The van der Waals surface area contributed by atoms with E-state index < -0.39 is 0 Å². The van der Waals surface area contributed by atoms with E-state index in [4.69, 9.17) is 4.74 Å². The standard InChI is InChI=1S/C21H23NO5/c23-18(7-3-15-4-8-19(24)21(26)13-15)17-6-5-16(14-20(17)25)27-12-11-22-9-1-2-10-22/h3-8,13-14,24-26H,1-2,9-12H2/b7-3+. The van der Waals surface area contributed by atoms with E-state index in [0.29, 0.717) is 17.9 Å². The SMILES string of the molecule is O=C(/C=C/c1ccc(O)c(O)c1)c1ccc(OCCN2CCCC2)cc1O. The monoisotopic (exact) mass is 369 g/mol. The first-order chi connectivity index (χ1) is 13.0. The molecule has 1 aliphatic heterocycles. The lowest BCUT2D eigenvalue weighted by atomic mass is 10.1. The third kappa shape index (κ3) is 5.01. The molecule has 0 amide bonds. The van der Waals surface area contributed by atoms with Crippen LogP contribution in [-0.2, 0) is 0 Å². The van der Waals surface area contributed by atoms with Crippen LogP contribution in [0.15, 0.2) is 42.5 Å². The summed E-state index contributed by atoms with van der Waals surface area (Å²) in [5, 5.41) is 28.9. The van der Waals surface area contributed by atoms with Gasteiger partial charge in [-0.05, 0) is 61.8 Å². The minimum absolute atomic E-state index is 0.142. The van der Waals surface area contributed by atoms with Gasteiger partial charge in [0.2, 0.25) is 0 Å². The van der Waals surface area contributed by atoms with Crippen molar-refractivity contribution in [2.45, 2.75) is 12.8 Å². The molecule has 1 fully saturated rings. The van der Waals surface area contributed by atoms with Gasteiger partial charge in [0.1, 0.15) is 18.1 Å². The zero-order chi connectivity index (χ0) is 19.2. The Morgan fingerprint density at radius 1 is 1.00 bits per heavy atom. The zero-order valence-electron chi connectivity index (χ0n) is 15.0. The van der Waals surface area contributed by atoms with E-state index in [1.807, 2.05) is 0 Å². The highest BCUT2D eigenvalue weighted by atomic mass is 16.5. The topological polar surface area (TPSA) is 90.2 Å². The Kier molecular flexibility index (Phi) is 5.98. The molecule has 6 heteroatoms.